The molecule has 0 amide bonds. The Kier molecular flexibility index (Phi) is 27.9. The van der Waals surface area contributed by atoms with Crippen LogP contribution in [0.3, 0.4) is 0 Å². The Morgan fingerprint density at radius 1 is 0.457 bits per heavy atom. The second-order valence-corrected chi connectivity index (χ2v) is 17.4. The van der Waals surface area contributed by atoms with Gasteiger partial charge in [-0.15, -0.1) is 12.6 Å². The fraction of sp³-hybridized carbons (Fsp3) is 0.968. The van der Waals surface area contributed by atoms with Gasteiger partial charge in [0.1, 0.15) is 4.38 Å². The van der Waals surface area contributed by atoms with E-state index in [0.717, 1.165) is 6.61 Å². The van der Waals surface area contributed by atoms with Gasteiger partial charge in [0, 0.05) is 21.1 Å². The van der Waals surface area contributed by atoms with Gasteiger partial charge in [-0.3, -0.25) is 0 Å². The number of thiol groups is 1. The molecular formula is C31H66MoOS2. The second-order valence-electron chi connectivity index (χ2n) is 11.0. The van der Waals surface area contributed by atoms with Gasteiger partial charge in [-0.1, -0.05) is 131 Å². The first kappa shape index (κ1) is 38.4. The molecule has 0 spiro atoms. The normalized spacial score (nSPS) is 12.8. The van der Waals surface area contributed by atoms with Crippen molar-refractivity contribution in [2.75, 3.05) is 29.6 Å². The average molecular weight is 615 g/mol. The minimum atomic E-state index is -1.84. The summed E-state index contributed by atoms with van der Waals surface area (Å²) in [4.78, 5) is 0. The monoisotopic (exact) mass is 616 g/mol. The quantitative estimate of drug-likeness (QED) is 0.0466. The van der Waals surface area contributed by atoms with E-state index in [1.165, 1.54) is 156 Å². The van der Waals surface area contributed by atoms with Crippen molar-refractivity contribution >= 4 is 25.8 Å². The van der Waals surface area contributed by atoms with Crippen LogP contribution in [0.15, 0.2) is 0 Å². The zero-order valence-corrected chi connectivity index (χ0v) is 28.6. The summed E-state index contributed by atoms with van der Waals surface area (Å²) in [5.74, 6) is 5.59. The van der Waals surface area contributed by atoms with Gasteiger partial charge < -0.3 is 4.74 Å². The number of hydrogen-bond acceptors (Lipinski definition) is 1. The predicted octanol–water partition coefficient (Wildman–Crippen LogP) is 11.3. The number of rotatable bonds is 25. The number of ether oxygens (including phenoxy) is 1. The summed E-state index contributed by atoms with van der Waals surface area (Å²) in [6, 6.07) is 0. The molecule has 214 valence electrons. The first-order valence-electron chi connectivity index (χ1n) is 15.6. The molecule has 0 fully saturated rings. The largest absolute Gasteiger partial charge is 0.336 e. The van der Waals surface area contributed by atoms with Crippen LogP contribution in [-0.4, -0.2) is 34.0 Å². The van der Waals surface area contributed by atoms with E-state index in [1.807, 2.05) is 0 Å². The summed E-state index contributed by atoms with van der Waals surface area (Å²) < 4.78 is 7.96. The Labute approximate surface area is 243 Å². The molecule has 4 heteroatoms. The fourth-order valence-electron chi connectivity index (χ4n) is 5.45. The maximum atomic E-state index is 6.71. The molecule has 0 aliphatic heterocycles. The van der Waals surface area contributed by atoms with Crippen molar-refractivity contribution in [2.24, 2.45) is 0 Å². The van der Waals surface area contributed by atoms with Crippen molar-refractivity contribution in [1.29, 1.82) is 0 Å². The van der Waals surface area contributed by atoms with Crippen LogP contribution in [0, 0.1) is 0 Å². The predicted molar refractivity (Wildman–Crippen MR) is 168 cm³/mol. The SMILES string of the molecule is CCCCCCOC(S)=S(CCCCCC)(CCCCCC)(CCCCCC)CCCCCC.[Mo]. The van der Waals surface area contributed by atoms with Crippen molar-refractivity contribution < 1.29 is 25.8 Å². The Bertz CT molecular complexity index is 449. The van der Waals surface area contributed by atoms with Gasteiger partial charge in [0.2, 0.25) is 0 Å². The maximum absolute atomic E-state index is 6.71. The third-order valence-electron chi connectivity index (χ3n) is 7.85. The topological polar surface area (TPSA) is 9.23 Å². The van der Waals surface area contributed by atoms with Gasteiger partial charge in [-0.05, 0) is 55.1 Å². The van der Waals surface area contributed by atoms with Crippen LogP contribution in [0.5, 0.6) is 0 Å². The van der Waals surface area contributed by atoms with Crippen LogP contribution in [0.4, 0.5) is 0 Å². The summed E-state index contributed by atoms with van der Waals surface area (Å²) >= 11 is 5.36. The first-order valence-corrected chi connectivity index (χ1v) is 18.8. The Hall–Kier alpha value is 1.22. The van der Waals surface area contributed by atoms with E-state index in [1.54, 1.807) is 0 Å². The molecule has 0 radical (unpaired) electrons. The molecule has 0 rings (SSSR count). The molecule has 1 nitrogen and oxygen atoms in total. The molecule has 0 N–H and O–H groups in total. The van der Waals surface area contributed by atoms with E-state index in [9.17, 15) is 0 Å². The zero-order valence-electron chi connectivity index (χ0n) is 24.8. The van der Waals surface area contributed by atoms with Gasteiger partial charge in [-0.2, -0.15) is 0 Å². The average Bonchev–Trinajstić information content (AvgIpc) is 2.85. The van der Waals surface area contributed by atoms with Crippen LogP contribution >= 0.6 is 21.4 Å². The summed E-state index contributed by atoms with van der Waals surface area (Å²) in [6.45, 7) is 12.5. The van der Waals surface area contributed by atoms with E-state index in [4.69, 9.17) is 17.4 Å². The zero-order chi connectivity index (χ0) is 25.4. The van der Waals surface area contributed by atoms with Gasteiger partial charge in [0.15, 0.2) is 0 Å². The van der Waals surface area contributed by atoms with E-state index < -0.39 is 8.75 Å². The van der Waals surface area contributed by atoms with E-state index in [0.29, 0.717) is 0 Å². The molecular weight excluding hydrogens is 548 g/mol. The molecule has 0 saturated heterocycles. The van der Waals surface area contributed by atoms with Crippen LogP contribution in [-0.2, 0) is 25.8 Å². The summed E-state index contributed by atoms with van der Waals surface area (Å²) in [5, 5.41) is 0. The minimum Gasteiger partial charge on any atom is -0.336 e. The summed E-state index contributed by atoms with van der Waals surface area (Å²) in [6.07, 6.45) is 27.0. The van der Waals surface area contributed by atoms with Crippen LogP contribution < -0.4 is 0 Å². The maximum Gasteiger partial charge on any atom is 0.116 e. The van der Waals surface area contributed by atoms with Crippen molar-refractivity contribution in [3.8, 4) is 0 Å². The molecule has 0 aromatic rings. The van der Waals surface area contributed by atoms with Crippen molar-refractivity contribution in [1.82, 2.24) is 0 Å². The third kappa shape index (κ3) is 16.7. The molecule has 0 unspecified atom stereocenters. The molecule has 0 atom stereocenters. The first-order chi connectivity index (χ1) is 16.5. The Balaban J connectivity index is 0. The smallest absolute Gasteiger partial charge is 0.116 e. The summed E-state index contributed by atoms with van der Waals surface area (Å²) in [5.41, 5.74) is 0. The standard InChI is InChI=1S/C31H66OS2.Mo/c1-6-11-16-21-26-32-31(33)34(27-22-17-12-7-2,28-23-18-13-8-3,29-24-19-14-9-4)30-25-20-15-10-5;/h33H,6-30H2,1-5H3;. The van der Waals surface area contributed by atoms with Crippen molar-refractivity contribution in [3.05, 3.63) is 0 Å². The van der Waals surface area contributed by atoms with Gasteiger partial charge in [0.25, 0.3) is 0 Å². The molecule has 0 aliphatic carbocycles. The Morgan fingerprint density at radius 2 is 0.743 bits per heavy atom. The number of hydrogen-bond donors (Lipinski definition) is 1. The van der Waals surface area contributed by atoms with Gasteiger partial charge in [0.05, 0.1) is 6.61 Å². The van der Waals surface area contributed by atoms with Gasteiger partial charge >= 0.3 is 0 Å². The van der Waals surface area contributed by atoms with Crippen molar-refractivity contribution in [3.63, 3.8) is 0 Å². The third-order valence-corrected chi connectivity index (χ3v) is 16.1. The molecule has 0 aliphatic rings. The van der Waals surface area contributed by atoms with Crippen LogP contribution in [0.25, 0.3) is 0 Å². The molecule has 35 heavy (non-hydrogen) atoms. The van der Waals surface area contributed by atoms with Crippen molar-refractivity contribution in [2.45, 2.75) is 163 Å². The number of unbranched alkanes of at least 4 members (excludes halogenated alkanes) is 15. The van der Waals surface area contributed by atoms with E-state index in [-0.39, 0.29) is 21.1 Å². The second kappa shape index (κ2) is 25.5. The van der Waals surface area contributed by atoms with Crippen LogP contribution in [0.1, 0.15) is 163 Å². The van der Waals surface area contributed by atoms with Crippen LogP contribution in [0.2, 0.25) is 0 Å². The molecule has 0 aromatic heterocycles. The van der Waals surface area contributed by atoms with E-state index >= 15 is 0 Å². The molecule has 0 bridgehead atoms. The van der Waals surface area contributed by atoms with Gasteiger partial charge in [-0.25, -0.2) is 8.75 Å². The molecule has 0 aromatic carbocycles. The molecule has 0 saturated carbocycles. The molecule has 0 heterocycles. The fourth-order valence-corrected chi connectivity index (χ4v) is 12.8. The summed E-state index contributed by atoms with van der Waals surface area (Å²) in [7, 11) is -1.84. The minimum absolute atomic E-state index is 0. The Morgan fingerprint density at radius 3 is 1.03 bits per heavy atom. The van der Waals surface area contributed by atoms with E-state index in [2.05, 4.69) is 34.6 Å².